The van der Waals surface area contributed by atoms with Gasteiger partial charge in [0.25, 0.3) is 15.6 Å². The number of thiophene rings is 1. The number of aryl methyl sites for hydroxylation is 1. The Morgan fingerprint density at radius 3 is 2.59 bits per heavy atom. The van der Waals surface area contributed by atoms with Crippen LogP contribution in [0.25, 0.3) is 5.65 Å². The Morgan fingerprint density at radius 1 is 1.11 bits per heavy atom. The van der Waals surface area contributed by atoms with Crippen molar-refractivity contribution in [3.63, 3.8) is 0 Å². The quantitative estimate of drug-likeness (QED) is 0.660. The molecule has 0 saturated carbocycles. The average molecular weight is 405 g/mol. The van der Waals surface area contributed by atoms with Gasteiger partial charge in [-0.25, -0.2) is 13.4 Å². The number of hydrogen-bond acceptors (Lipinski definition) is 6. The van der Waals surface area contributed by atoms with Gasteiger partial charge in [-0.05, 0) is 30.5 Å². The number of nitrogens with zero attached hydrogens (tertiary/aromatic N) is 4. The van der Waals surface area contributed by atoms with Gasteiger partial charge >= 0.3 is 0 Å². The van der Waals surface area contributed by atoms with Crippen LogP contribution in [-0.4, -0.2) is 53.2 Å². The van der Waals surface area contributed by atoms with Crippen molar-refractivity contribution in [2.75, 3.05) is 26.2 Å². The molecule has 0 spiro atoms. The van der Waals surface area contributed by atoms with E-state index in [-0.39, 0.29) is 5.56 Å². The smallest absolute Gasteiger partial charge is 0.258 e. The Hall–Kier alpha value is -2.07. The number of sulfonamides is 1. The van der Waals surface area contributed by atoms with E-state index >= 15 is 0 Å². The average Bonchev–Trinajstić information content (AvgIpc) is 3.17. The molecule has 9 heteroatoms. The third-order valence-corrected chi connectivity index (χ3v) is 8.01. The summed E-state index contributed by atoms with van der Waals surface area (Å²) in [6.07, 6.45) is 0. The number of aromatic nitrogens is 2. The molecular formula is C18H20N4O3S2. The summed E-state index contributed by atoms with van der Waals surface area (Å²) >= 11 is 1.24. The highest BCUT2D eigenvalue weighted by Crippen LogP contribution is 2.22. The molecule has 0 radical (unpaired) electrons. The summed E-state index contributed by atoms with van der Waals surface area (Å²) in [5, 5.41) is 1.77. The predicted octanol–water partition coefficient (Wildman–Crippen LogP) is 1.57. The summed E-state index contributed by atoms with van der Waals surface area (Å²) in [5.74, 6) is 0. The molecule has 7 nitrogen and oxygen atoms in total. The van der Waals surface area contributed by atoms with E-state index in [1.807, 2.05) is 25.1 Å². The summed E-state index contributed by atoms with van der Waals surface area (Å²) < 4.78 is 28.7. The fraction of sp³-hybridized carbons (Fsp3) is 0.333. The lowest BCUT2D eigenvalue weighted by molar-refractivity contribution is 0.180. The van der Waals surface area contributed by atoms with Crippen LogP contribution in [-0.2, 0) is 16.6 Å². The molecule has 4 heterocycles. The second-order valence-corrected chi connectivity index (χ2v) is 9.67. The fourth-order valence-electron chi connectivity index (χ4n) is 3.34. The molecule has 3 aromatic rings. The number of fused-ring (bicyclic) bond motifs is 1. The highest BCUT2D eigenvalue weighted by molar-refractivity contribution is 7.91. The van der Waals surface area contributed by atoms with E-state index in [9.17, 15) is 13.2 Å². The summed E-state index contributed by atoms with van der Waals surface area (Å²) in [4.78, 5) is 19.1. The SMILES string of the molecule is Cc1cccc2nc(CN3CCN(S(=O)(=O)c4cccs4)CC3)cc(=O)n12. The van der Waals surface area contributed by atoms with Crippen LogP contribution in [0.4, 0.5) is 0 Å². The number of hydrogen-bond donors (Lipinski definition) is 0. The molecule has 0 amide bonds. The van der Waals surface area contributed by atoms with E-state index in [0.717, 1.165) is 5.69 Å². The van der Waals surface area contributed by atoms with E-state index in [0.29, 0.717) is 48.3 Å². The molecule has 1 fully saturated rings. The molecule has 3 aromatic heterocycles. The topological polar surface area (TPSA) is 75.0 Å². The summed E-state index contributed by atoms with van der Waals surface area (Å²) in [6.45, 7) is 4.51. The van der Waals surface area contributed by atoms with Gasteiger partial charge in [-0.15, -0.1) is 11.3 Å². The van der Waals surface area contributed by atoms with Gasteiger partial charge in [0.1, 0.15) is 9.86 Å². The Morgan fingerprint density at radius 2 is 1.89 bits per heavy atom. The Kier molecular flexibility index (Phi) is 4.85. The molecule has 142 valence electrons. The Bertz CT molecular complexity index is 1120. The van der Waals surface area contributed by atoms with Gasteiger partial charge in [-0.1, -0.05) is 12.1 Å². The maximum absolute atomic E-state index is 12.6. The van der Waals surface area contributed by atoms with Crippen LogP contribution in [0.3, 0.4) is 0 Å². The lowest BCUT2D eigenvalue weighted by atomic mass is 10.3. The lowest BCUT2D eigenvalue weighted by Crippen LogP contribution is -2.48. The first kappa shape index (κ1) is 18.3. The zero-order chi connectivity index (χ0) is 19.0. The third kappa shape index (κ3) is 3.55. The van der Waals surface area contributed by atoms with Crippen LogP contribution in [0.5, 0.6) is 0 Å². The molecule has 1 aliphatic rings. The zero-order valence-corrected chi connectivity index (χ0v) is 16.5. The molecule has 0 atom stereocenters. The Balaban J connectivity index is 1.47. The summed E-state index contributed by atoms with van der Waals surface area (Å²) in [6, 6.07) is 10.5. The van der Waals surface area contributed by atoms with Crippen molar-refractivity contribution in [2.24, 2.45) is 0 Å². The largest absolute Gasteiger partial charge is 0.295 e. The maximum atomic E-state index is 12.6. The second-order valence-electron chi connectivity index (χ2n) is 6.56. The van der Waals surface area contributed by atoms with Crippen molar-refractivity contribution in [1.82, 2.24) is 18.6 Å². The van der Waals surface area contributed by atoms with Crippen molar-refractivity contribution >= 4 is 27.0 Å². The van der Waals surface area contributed by atoms with Crippen molar-refractivity contribution in [2.45, 2.75) is 17.7 Å². The zero-order valence-electron chi connectivity index (χ0n) is 14.9. The van der Waals surface area contributed by atoms with Gasteiger partial charge in [-0.3, -0.25) is 14.1 Å². The van der Waals surface area contributed by atoms with Gasteiger partial charge in [0, 0.05) is 44.5 Å². The van der Waals surface area contributed by atoms with Gasteiger partial charge in [0.15, 0.2) is 0 Å². The van der Waals surface area contributed by atoms with E-state index in [1.54, 1.807) is 28.0 Å². The lowest BCUT2D eigenvalue weighted by Gasteiger charge is -2.33. The molecule has 0 bridgehead atoms. The third-order valence-electron chi connectivity index (χ3n) is 4.74. The Labute approximate surface area is 161 Å². The molecule has 4 rings (SSSR count). The van der Waals surface area contributed by atoms with Gasteiger partial charge in [0.05, 0.1) is 5.69 Å². The van der Waals surface area contributed by atoms with Crippen LogP contribution < -0.4 is 5.56 Å². The van der Waals surface area contributed by atoms with Crippen LogP contribution in [0.1, 0.15) is 11.4 Å². The normalized spacial score (nSPS) is 16.8. The standard InChI is InChI=1S/C18H20N4O3S2/c1-14-4-2-5-16-19-15(12-17(23)22(14)16)13-20-7-9-21(10-8-20)27(24,25)18-6-3-11-26-18/h2-6,11-12H,7-10,13H2,1H3. The maximum Gasteiger partial charge on any atom is 0.258 e. The molecule has 27 heavy (non-hydrogen) atoms. The first-order valence-electron chi connectivity index (χ1n) is 8.69. The van der Waals surface area contributed by atoms with Gasteiger partial charge < -0.3 is 0 Å². The van der Waals surface area contributed by atoms with E-state index in [4.69, 9.17) is 0 Å². The molecule has 1 saturated heterocycles. The minimum atomic E-state index is -3.40. The van der Waals surface area contributed by atoms with Crippen LogP contribution in [0.2, 0.25) is 0 Å². The first-order chi connectivity index (χ1) is 12.9. The molecular weight excluding hydrogens is 384 g/mol. The van der Waals surface area contributed by atoms with E-state index in [2.05, 4.69) is 9.88 Å². The number of piperazine rings is 1. The van der Waals surface area contributed by atoms with Crippen molar-refractivity contribution in [3.05, 3.63) is 63.5 Å². The van der Waals surface area contributed by atoms with E-state index in [1.165, 1.54) is 15.6 Å². The highest BCUT2D eigenvalue weighted by Gasteiger charge is 2.29. The van der Waals surface area contributed by atoms with Crippen LogP contribution >= 0.6 is 11.3 Å². The first-order valence-corrected chi connectivity index (χ1v) is 11.0. The summed E-state index contributed by atoms with van der Waals surface area (Å²) in [5.41, 5.74) is 2.10. The van der Waals surface area contributed by atoms with Gasteiger partial charge in [-0.2, -0.15) is 4.31 Å². The fourth-order valence-corrected chi connectivity index (χ4v) is 5.91. The van der Waals surface area contributed by atoms with Gasteiger partial charge in [0.2, 0.25) is 0 Å². The number of rotatable bonds is 4. The molecule has 0 N–H and O–H groups in total. The summed E-state index contributed by atoms with van der Waals surface area (Å²) in [7, 11) is -3.40. The van der Waals surface area contributed by atoms with Crippen LogP contribution in [0.15, 0.2) is 50.8 Å². The molecule has 1 aliphatic heterocycles. The predicted molar refractivity (Wildman–Crippen MR) is 105 cm³/mol. The minimum Gasteiger partial charge on any atom is -0.295 e. The van der Waals surface area contributed by atoms with Crippen molar-refractivity contribution < 1.29 is 8.42 Å². The monoisotopic (exact) mass is 404 g/mol. The molecule has 0 aromatic carbocycles. The minimum absolute atomic E-state index is 0.0907. The second kappa shape index (κ2) is 7.16. The molecule has 0 unspecified atom stereocenters. The van der Waals surface area contributed by atoms with E-state index < -0.39 is 10.0 Å². The van der Waals surface area contributed by atoms with Crippen molar-refractivity contribution in [1.29, 1.82) is 0 Å². The highest BCUT2D eigenvalue weighted by atomic mass is 32.2. The van der Waals surface area contributed by atoms with Crippen LogP contribution in [0, 0.1) is 6.92 Å². The number of pyridine rings is 1. The van der Waals surface area contributed by atoms with Crippen molar-refractivity contribution in [3.8, 4) is 0 Å². The molecule has 0 aliphatic carbocycles.